The van der Waals surface area contributed by atoms with Crippen LogP contribution < -0.4 is 4.74 Å². The van der Waals surface area contributed by atoms with Crippen molar-refractivity contribution >= 4 is 17.7 Å². The molecule has 0 radical (unpaired) electrons. The number of nitrogens with zero attached hydrogens (tertiary/aromatic N) is 1. The summed E-state index contributed by atoms with van der Waals surface area (Å²) in [6.45, 7) is 3.04. The number of hydrogen-bond donors (Lipinski definition) is 0. The number of carbonyl (C=O) groups is 1. The molecule has 0 bridgehead atoms. The van der Waals surface area contributed by atoms with Crippen LogP contribution >= 0.6 is 11.6 Å². The fourth-order valence-electron chi connectivity index (χ4n) is 3.56. The Kier molecular flexibility index (Phi) is 3.29. The maximum Gasteiger partial charge on any atom is 0.409 e. The van der Waals surface area contributed by atoms with Crippen LogP contribution in [0.4, 0.5) is 4.79 Å². The van der Waals surface area contributed by atoms with Gasteiger partial charge in [0.15, 0.2) is 0 Å². The van der Waals surface area contributed by atoms with E-state index < -0.39 is 0 Å². The molecule has 0 saturated carbocycles. The summed E-state index contributed by atoms with van der Waals surface area (Å²) in [5.41, 5.74) is 1.70. The zero-order valence-electron chi connectivity index (χ0n) is 15.2. The Balaban J connectivity index is 1.85. The van der Waals surface area contributed by atoms with Gasteiger partial charge >= 0.3 is 6.09 Å². The van der Waals surface area contributed by atoms with Gasteiger partial charge in [-0.25, -0.2) is 4.79 Å². The molecule has 1 amide bonds. The highest BCUT2D eigenvalue weighted by Gasteiger charge is 2.41. The molecule has 0 spiro atoms. The van der Waals surface area contributed by atoms with Gasteiger partial charge in [0.25, 0.3) is 0 Å². The van der Waals surface area contributed by atoms with E-state index in [4.69, 9.17) is 23.8 Å². The van der Waals surface area contributed by atoms with E-state index in [1.165, 1.54) is 0 Å². The average molecular weight is 348 g/mol. The number of amides is 1. The van der Waals surface area contributed by atoms with Crippen molar-refractivity contribution in [1.29, 1.82) is 0 Å². The first kappa shape index (κ1) is 13.1. The van der Waals surface area contributed by atoms with Crippen molar-refractivity contribution in [2.45, 2.75) is 18.8 Å². The molecular weight excluding hydrogens is 326 g/mol. The third-order valence-corrected chi connectivity index (χ3v) is 4.83. The molecule has 2 aromatic carbocycles. The van der Waals surface area contributed by atoms with E-state index in [-0.39, 0.29) is 24.0 Å². The van der Waals surface area contributed by atoms with Gasteiger partial charge in [-0.3, -0.25) is 0 Å². The Morgan fingerprint density at radius 3 is 2.92 bits per heavy atom. The molecule has 2 aromatic rings. The lowest BCUT2D eigenvalue weighted by atomic mass is 9.84. The van der Waals surface area contributed by atoms with E-state index in [1.807, 2.05) is 6.07 Å². The fourth-order valence-corrected chi connectivity index (χ4v) is 3.73. The van der Waals surface area contributed by atoms with Crippen LogP contribution in [0.2, 0.25) is 5.02 Å². The maximum atomic E-state index is 12.3. The van der Waals surface area contributed by atoms with Crippen molar-refractivity contribution < 1.29 is 17.0 Å². The van der Waals surface area contributed by atoms with Crippen LogP contribution in [0.1, 0.15) is 32.6 Å². The SMILES string of the molecule is [3H]c1ccc2c(c1)[C@@H]1CN(C(=O)OCC)C[C@H]1c1cc(Cl)cc([3H])c1O2. The van der Waals surface area contributed by atoms with Crippen molar-refractivity contribution in [2.24, 2.45) is 0 Å². The van der Waals surface area contributed by atoms with Crippen molar-refractivity contribution in [3.63, 3.8) is 0 Å². The van der Waals surface area contributed by atoms with Gasteiger partial charge in [0, 0.05) is 41.1 Å². The minimum absolute atomic E-state index is 0.0428. The molecule has 24 heavy (non-hydrogen) atoms. The topological polar surface area (TPSA) is 38.8 Å². The van der Waals surface area contributed by atoms with E-state index in [0.29, 0.717) is 42.3 Å². The van der Waals surface area contributed by atoms with Crippen LogP contribution in [0.25, 0.3) is 0 Å². The number of fused-ring (bicyclic) bond motifs is 5. The van der Waals surface area contributed by atoms with Gasteiger partial charge in [-0.15, -0.1) is 0 Å². The van der Waals surface area contributed by atoms with Gasteiger partial charge < -0.3 is 14.4 Å². The summed E-state index contributed by atoms with van der Waals surface area (Å²) in [5, 5.41) is 0.470. The zero-order chi connectivity index (χ0) is 18.4. The molecule has 4 rings (SSSR count). The zero-order valence-corrected chi connectivity index (χ0v) is 14.0. The van der Waals surface area contributed by atoms with Crippen LogP contribution in [-0.4, -0.2) is 30.7 Å². The van der Waals surface area contributed by atoms with Crippen molar-refractivity contribution in [3.8, 4) is 11.5 Å². The molecule has 0 aromatic heterocycles. The normalized spacial score (nSPS) is 22.3. The molecule has 5 heteroatoms. The summed E-state index contributed by atoms with van der Waals surface area (Å²) in [4.78, 5) is 14.0. The summed E-state index contributed by atoms with van der Waals surface area (Å²) in [5.74, 6) is 0.974. The largest absolute Gasteiger partial charge is 0.457 e. The number of para-hydroxylation sites is 1. The summed E-state index contributed by atoms with van der Waals surface area (Å²) in [7, 11) is 0. The van der Waals surface area contributed by atoms with Gasteiger partial charge in [-0.05, 0) is 31.2 Å². The lowest BCUT2D eigenvalue weighted by Gasteiger charge is -2.17. The Labute approximate surface area is 148 Å². The van der Waals surface area contributed by atoms with E-state index >= 15 is 0 Å². The summed E-state index contributed by atoms with van der Waals surface area (Å²) >= 11 is 6.20. The van der Waals surface area contributed by atoms with Crippen LogP contribution in [0.15, 0.2) is 42.4 Å². The van der Waals surface area contributed by atoms with Crippen LogP contribution in [-0.2, 0) is 4.74 Å². The fraction of sp³-hybridized carbons (Fsp3) is 0.316. The number of hydrogen-bond acceptors (Lipinski definition) is 3. The van der Waals surface area contributed by atoms with Crippen LogP contribution in [0, 0.1) is 0 Å². The molecular formula is C19H18ClNO3. The van der Waals surface area contributed by atoms with E-state index in [2.05, 4.69) is 0 Å². The first-order valence-corrected chi connectivity index (χ1v) is 8.36. The molecule has 2 heterocycles. The number of rotatable bonds is 1. The third-order valence-electron chi connectivity index (χ3n) is 4.61. The smallest absolute Gasteiger partial charge is 0.409 e. The molecule has 0 N–H and O–H groups in total. The summed E-state index contributed by atoms with van der Waals surface area (Å²) < 4.78 is 27.5. The number of halogens is 1. The molecule has 1 fully saturated rings. The highest BCUT2D eigenvalue weighted by molar-refractivity contribution is 6.30. The average Bonchev–Trinajstić information content (AvgIpc) is 2.99. The predicted molar refractivity (Wildman–Crippen MR) is 92.0 cm³/mol. The Morgan fingerprint density at radius 1 is 1.33 bits per heavy atom. The lowest BCUT2D eigenvalue weighted by molar-refractivity contribution is 0.115. The number of carbonyl (C=O) groups excluding carboxylic acids is 1. The van der Waals surface area contributed by atoms with E-state index in [1.54, 1.807) is 36.1 Å². The maximum absolute atomic E-state index is 12.3. The molecule has 2 atom stereocenters. The summed E-state index contributed by atoms with van der Waals surface area (Å²) in [6, 6.07) is 9.16. The van der Waals surface area contributed by atoms with Gasteiger partial charge in [0.2, 0.25) is 0 Å². The molecule has 0 unspecified atom stereocenters. The first-order valence-electron chi connectivity index (χ1n) is 8.98. The highest BCUT2D eigenvalue weighted by Crippen LogP contribution is 2.50. The van der Waals surface area contributed by atoms with Gasteiger partial charge in [0.1, 0.15) is 11.5 Å². The highest BCUT2D eigenvalue weighted by atomic mass is 35.5. The molecule has 2 aliphatic heterocycles. The lowest BCUT2D eigenvalue weighted by Crippen LogP contribution is -2.29. The molecule has 2 aliphatic rings. The van der Waals surface area contributed by atoms with Crippen molar-refractivity contribution in [2.75, 3.05) is 19.7 Å². The van der Waals surface area contributed by atoms with Crippen LogP contribution in [0.3, 0.4) is 0 Å². The van der Waals surface area contributed by atoms with Crippen molar-refractivity contribution in [1.82, 2.24) is 4.90 Å². The Hall–Kier alpha value is -2.20. The van der Waals surface area contributed by atoms with Gasteiger partial charge in [-0.2, -0.15) is 0 Å². The predicted octanol–water partition coefficient (Wildman–Crippen LogP) is 4.79. The number of ether oxygens (including phenoxy) is 2. The third kappa shape index (κ3) is 2.51. The first-order chi connectivity index (χ1) is 12.5. The van der Waals surface area contributed by atoms with Crippen molar-refractivity contribution in [3.05, 3.63) is 58.6 Å². The minimum atomic E-state index is -0.347. The molecule has 4 nitrogen and oxygen atoms in total. The molecule has 124 valence electrons. The Morgan fingerprint density at radius 2 is 2.12 bits per heavy atom. The second-order valence-corrected chi connectivity index (χ2v) is 6.42. The van der Waals surface area contributed by atoms with Gasteiger partial charge in [-0.1, -0.05) is 29.8 Å². The second-order valence-electron chi connectivity index (χ2n) is 5.99. The standard InChI is InChI=1S/C19H18ClNO3/c1-2-23-19(22)21-10-15-13-5-3-4-6-17(13)24-18-8-7-12(20)9-14(18)16(15)11-21/h3-9,15-16H,2,10-11H2,1H3/t15-,16-/m0/s1/i3T,8T. The van der Waals surface area contributed by atoms with Gasteiger partial charge in [0.05, 0.1) is 9.35 Å². The van der Waals surface area contributed by atoms with E-state index in [9.17, 15) is 4.79 Å². The number of likely N-dealkylation sites (tertiary alicyclic amines) is 1. The number of benzene rings is 2. The summed E-state index contributed by atoms with van der Waals surface area (Å²) in [6.07, 6.45) is -0.347. The Bertz CT molecular complexity index is 889. The molecule has 0 aliphatic carbocycles. The minimum Gasteiger partial charge on any atom is -0.457 e. The van der Waals surface area contributed by atoms with E-state index in [0.717, 1.165) is 11.1 Å². The second kappa shape index (κ2) is 6.02. The molecule has 1 saturated heterocycles. The quantitative estimate of drug-likeness (QED) is 0.744. The van der Waals surface area contributed by atoms with Crippen LogP contribution in [0.5, 0.6) is 11.5 Å². The monoisotopic (exact) mass is 347 g/mol.